The molecule has 0 aromatic heterocycles. The summed E-state index contributed by atoms with van der Waals surface area (Å²) in [4.78, 5) is 35.7. The number of likely N-dealkylation sites (tertiary alicyclic amines) is 1. The lowest BCUT2D eigenvalue weighted by molar-refractivity contribution is -0.138. The second-order valence-corrected chi connectivity index (χ2v) is 5.13. The first kappa shape index (κ1) is 15.2. The van der Waals surface area contributed by atoms with Crippen LogP contribution in [0.3, 0.4) is 0 Å². The Kier molecular flexibility index (Phi) is 5.49. The van der Waals surface area contributed by atoms with Crippen molar-refractivity contribution >= 4 is 17.7 Å². The third-order valence-electron chi connectivity index (χ3n) is 3.52. The largest absolute Gasteiger partial charge is 0.356 e. The fourth-order valence-electron chi connectivity index (χ4n) is 2.35. The summed E-state index contributed by atoms with van der Waals surface area (Å²) in [5.74, 6) is -0.279. The van der Waals surface area contributed by atoms with Crippen molar-refractivity contribution in [2.24, 2.45) is 0 Å². The average molecular weight is 288 g/mol. The van der Waals surface area contributed by atoms with Crippen molar-refractivity contribution in [3.8, 4) is 0 Å². The van der Waals surface area contributed by atoms with E-state index in [0.29, 0.717) is 38.8 Å². The highest BCUT2D eigenvalue weighted by Crippen LogP contribution is 2.12. The van der Waals surface area contributed by atoms with E-state index >= 15 is 0 Å². The minimum absolute atomic E-state index is 0.0370. The smallest absolute Gasteiger partial charge is 0.229 e. The lowest BCUT2D eigenvalue weighted by Gasteiger charge is -2.13. The molecule has 0 radical (unpaired) electrons. The van der Waals surface area contributed by atoms with Gasteiger partial charge in [-0.3, -0.25) is 19.3 Å². The summed E-state index contributed by atoms with van der Waals surface area (Å²) < 4.78 is 0. The molecule has 1 aliphatic rings. The number of nitrogens with one attached hydrogen (secondary N) is 1. The predicted octanol–water partition coefficient (Wildman–Crippen LogP) is 1.27. The Labute approximate surface area is 124 Å². The van der Waals surface area contributed by atoms with Crippen LogP contribution in [0.1, 0.15) is 31.2 Å². The number of rotatable bonds is 7. The first-order valence-corrected chi connectivity index (χ1v) is 7.30. The molecular formula is C16H20N2O3. The molecule has 3 amide bonds. The highest BCUT2D eigenvalue weighted by Gasteiger charge is 2.28. The molecule has 1 saturated heterocycles. The summed E-state index contributed by atoms with van der Waals surface area (Å²) in [5, 5.41) is 2.85. The van der Waals surface area contributed by atoms with E-state index in [4.69, 9.17) is 0 Å². The average Bonchev–Trinajstić information content (AvgIpc) is 2.80. The van der Waals surface area contributed by atoms with Gasteiger partial charge in [0.25, 0.3) is 0 Å². The summed E-state index contributed by atoms with van der Waals surface area (Å²) in [6.45, 7) is 0.953. The van der Waals surface area contributed by atoms with E-state index in [-0.39, 0.29) is 17.7 Å². The molecule has 0 atom stereocenters. The van der Waals surface area contributed by atoms with Gasteiger partial charge in [-0.15, -0.1) is 0 Å². The molecule has 2 rings (SSSR count). The Balaban J connectivity index is 1.59. The molecule has 0 saturated carbocycles. The molecule has 21 heavy (non-hydrogen) atoms. The van der Waals surface area contributed by atoms with Crippen LogP contribution in [0.4, 0.5) is 0 Å². The van der Waals surface area contributed by atoms with Crippen LogP contribution in [-0.4, -0.2) is 35.7 Å². The van der Waals surface area contributed by atoms with Crippen LogP contribution in [0.25, 0.3) is 0 Å². The predicted molar refractivity (Wildman–Crippen MR) is 78.3 cm³/mol. The maximum Gasteiger partial charge on any atom is 0.229 e. The Bertz CT molecular complexity index is 498. The van der Waals surface area contributed by atoms with Gasteiger partial charge >= 0.3 is 0 Å². The van der Waals surface area contributed by atoms with Crippen molar-refractivity contribution in [3.05, 3.63) is 35.9 Å². The summed E-state index contributed by atoms with van der Waals surface area (Å²) in [7, 11) is 0. The van der Waals surface area contributed by atoms with Crippen LogP contribution < -0.4 is 5.32 Å². The summed E-state index contributed by atoms with van der Waals surface area (Å²) in [6, 6.07) is 9.96. The zero-order valence-corrected chi connectivity index (χ0v) is 12.0. The fourth-order valence-corrected chi connectivity index (χ4v) is 2.35. The number of imide groups is 1. The van der Waals surface area contributed by atoms with Crippen molar-refractivity contribution in [2.45, 2.75) is 32.1 Å². The molecule has 1 heterocycles. The number of carbonyl (C=O) groups excluding carboxylic acids is 3. The van der Waals surface area contributed by atoms with Gasteiger partial charge in [-0.05, 0) is 18.4 Å². The second kappa shape index (κ2) is 7.57. The van der Waals surface area contributed by atoms with Crippen molar-refractivity contribution in [2.75, 3.05) is 13.1 Å². The molecule has 1 N–H and O–H groups in total. The highest BCUT2D eigenvalue weighted by atomic mass is 16.2. The van der Waals surface area contributed by atoms with Gasteiger partial charge in [-0.1, -0.05) is 30.3 Å². The molecule has 5 heteroatoms. The number of hydrogen-bond donors (Lipinski definition) is 1. The maximum atomic E-state index is 11.7. The number of benzene rings is 1. The van der Waals surface area contributed by atoms with Gasteiger partial charge in [0.1, 0.15) is 0 Å². The lowest BCUT2D eigenvalue weighted by Crippen LogP contribution is -2.31. The van der Waals surface area contributed by atoms with Crippen LogP contribution >= 0.6 is 0 Å². The maximum absolute atomic E-state index is 11.7. The van der Waals surface area contributed by atoms with Gasteiger partial charge in [0, 0.05) is 32.4 Å². The molecule has 0 unspecified atom stereocenters. The van der Waals surface area contributed by atoms with Crippen LogP contribution in [0.15, 0.2) is 30.3 Å². The molecule has 0 bridgehead atoms. The minimum Gasteiger partial charge on any atom is -0.356 e. The van der Waals surface area contributed by atoms with Crippen LogP contribution in [0.2, 0.25) is 0 Å². The van der Waals surface area contributed by atoms with Crippen LogP contribution in [-0.2, 0) is 20.8 Å². The molecule has 1 aromatic carbocycles. The SMILES string of the molecule is O=C(CCCN1C(=O)CCC1=O)NCCc1ccccc1. The molecule has 1 aliphatic heterocycles. The van der Waals surface area contributed by atoms with Crippen molar-refractivity contribution in [1.29, 1.82) is 0 Å². The zero-order chi connectivity index (χ0) is 15.1. The van der Waals surface area contributed by atoms with Gasteiger partial charge in [0.15, 0.2) is 0 Å². The summed E-state index contributed by atoms with van der Waals surface area (Å²) >= 11 is 0. The van der Waals surface area contributed by atoms with E-state index in [1.807, 2.05) is 30.3 Å². The quantitative estimate of drug-likeness (QED) is 0.768. The number of carbonyl (C=O) groups is 3. The molecule has 112 valence electrons. The molecular weight excluding hydrogens is 268 g/mol. The van der Waals surface area contributed by atoms with Gasteiger partial charge in [0.05, 0.1) is 0 Å². The van der Waals surface area contributed by atoms with E-state index in [1.165, 1.54) is 10.5 Å². The number of nitrogens with zero attached hydrogens (tertiary/aromatic N) is 1. The molecule has 1 fully saturated rings. The monoisotopic (exact) mass is 288 g/mol. The molecule has 0 spiro atoms. The van der Waals surface area contributed by atoms with E-state index in [1.54, 1.807) is 0 Å². The first-order valence-electron chi connectivity index (χ1n) is 7.30. The molecule has 1 aromatic rings. The van der Waals surface area contributed by atoms with Gasteiger partial charge in [-0.25, -0.2) is 0 Å². The van der Waals surface area contributed by atoms with Crippen molar-refractivity contribution in [1.82, 2.24) is 10.2 Å². The third-order valence-corrected chi connectivity index (χ3v) is 3.52. The standard InChI is InChI=1S/C16H20N2O3/c19-14(17-11-10-13-5-2-1-3-6-13)7-4-12-18-15(20)8-9-16(18)21/h1-3,5-6H,4,7-12H2,(H,17,19). The zero-order valence-electron chi connectivity index (χ0n) is 12.0. The van der Waals surface area contributed by atoms with Gasteiger partial charge in [-0.2, -0.15) is 0 Å². The number of amides is 3. The second-order valence-electron chi connectivity index (χ2n) is 5.13. The Morgan fingerprint density at radius 1 is 1.10 bits per heavy atom. The first-order chi connectivity index (χ1) is 10.2. The van der Waals surface area contributed by atoms with E-state index in [2.05, 4.69) is 5.32 Å². The van der Waals surface area contributed by atoms with Crippen LogP contribution in [0, 0.1) is 0 Å². The summed E-state index contributed by atoms with van der Waals surface area (Å²) in [5.41, 5.74) is 1.19. The highest BCUT2D eigenvalue weighted by molar-refractivity contribution is 6.01. The lowest BCUT2D eigenvalue weighted by atomic mass is 10.1. The Morgan fingerprint density at radius 3 is 2.43 bits per heavy atom. The normalized spacial score (nSPS) is 14.6. The Morgan fingerprint density at radius 2 is 1.76 bits per heavy atom. The van der Waals surface area contributed by atoms with Gasteiger partial charge < -0.3 is 5.32 Å². The van der Waals surface area contributed by atoms with E-state index in [9.17, 15) is 14.4 Å². The minimum atomic E-state index is -0.121. The van der Waals surface area contributed by atoms with Crippen molar-refractivity contribution < 1.29 is 14.4 Å². The topological polar surface area (TPSA) is 66.5 Å². The van der Waals surface area contributed by atoms with Crippen LogP contribution in [0.5, 0.6) is 0 Å². The number of hydrogen-bond acceptors (Lipinski definition) is 3. The van der Waals surface area contributed by atoms with Crippen molar-refractivity contribution in [3.63, 3.8) is 0 Å². The Hall–Kier alpha value is -2.17. The fraction of sp³-hybridized carbons (Fsp3) is 0.438. The molecule has 5 nitrogen and oxygen atoms in total. The summed E-state index contributed by atoms with van der Waals surface area (Å²) in [6.07, 6.45) is 2.28. The molecule has 0 aliphatic carbocycles. The van der Waals surface area contributed by atoms with E-state index < -0.39 is 0 Å². The van der Waals surface area contributed by atoms with Gasteiger partial charge in [0.2, 0.25) is 17.7 Å². The third kappa shape index (κ3) is 4.70. The van der Waals surface area contributed by atoms with E-state index in [0.717, 1.165) is 6.42 Å².